The lowest BCUT2D eigenvalue weighted by atomic mass is 10.1. The second-order valence-corrected chi connectivity index (χ2v) is 5.47. The minimum absolute atomic E-state index is 0.158. The zero-order valence-corrected chi connectivity index (χ0v) is 13.1. The molecule has 1 amide bonds. The second-order valence-electron chi connectivity index (χ2n) is 4.55. The molecule has 5 nitrogen and oxygen atoms in total. The Bertz CT molecular complexity index is 672. The Kier molecular flexibility index (Phi) is 4.04. The highest BCUT2D eigenvalue weighted by Crippen LogP contribution is 2.27. The van der Waals surface area contributed by atoms with Gasteiger partial charge in [-0.2, -0.15) is 10.2 Å². The topological polar surface area (TPSA) is 72.1 Å². The molecule has 0 saturated heterocycles. The van der Waals surface area contributed by atoms with Crippen molar-refractivity contribution in [1.82, 2.24) is 10.2 Å². The number of nitrogens with zero attached hydrogens (tertiary/aromatic N) is 3. The molecule has 2 aromatic rings. The van der Waals surface area contributed by atoms with Gasteiger partial charge in [0.05, 0.1) is 28.3 Å². The van der Waals surface area contributed by atoms with Crippen molar-refractivity contribution < 1.29 is 4.79 Å². The number of amides is 1. The molecule has 0 aliphatic heterocycles. The fraction of sp³-hybridized carbons (Fsp3) is 0.214. The van der Waals surface area contributed by atoms with E-state index in [1.165, 1.54) is 4.90 Å². The van der Waals surface area contributed by atoms with Crippen molar-refractivity contribution in [3.63, 3.8) is 0 Å². The molecule has 2 N–H and O–H groups in total. The molecule has 0 saturated carbocycles. The zero-order valence-electron chi connectivity index (χ0n) is 11.5. The normalized spacial score (nSPS) is 10.4. The molecule has 104 valence electrons. The second kappa shape index (κ2) is 5.58. The van der Waals surface area contributed by atoms with E-state index in [1.54, 1.807) is 39.1 Å². The molecule has 0 aliphatic carbocycles. The van der Waals surface area contributed by atoms with Gasteiger partial charge in [0.2, 0.25) is 0 Å². The van der Waals surface area contributed by atoms with Crippen molar-refractivity contribution in [3.05, 3.63) is 45.7 Å². The number of nitrogens with two attached hydrogens (primary N) is 1. The molecule has 0 fully saturated rings. The predicted octanol–water partition coefficient (Wildman–Crippen LogP) is 2.71. The first-order valence-corrected chi connectivity index (χ1v) is 6.83. The summed E-state index contributed by atoms with van der Waals surface area (Å²) in [4.78, 5) is 14.1. The minimum atomic E-state index is -0.158. The van der Waals surface area contributed by atoms with Crippen LogP contribution in [0.5, 0.6) is 0 Å². The van der Waals surface area contributed by atoms with Gasteiger partial charge in [-0.1, -0.05) is 15.9 Å². The van der Waals surface area contributed by atoms with Crippen molar-refractivity contribution in [1.29, 1.82) is 0 Å². The number of carbonyl (C=O) groups is 1. The van der Waals surface area contributed by atoms with Crippen LogP contribution in [0.2, 0.25) is 0 Å². The van der Waals surface area contributed by atoms with Crippen molar-refractivity contribution in [2.24, 2.45) is 0 Å². The average Bonchev–Trinajstić information content (AvgIpc) is 2.40. The van der Waals surface area contributed by atoms with Crippen LogP contribution in [0.1, 0.15) is 21.7 Å². The standard InChI is InChI=1S/C14H15BrN4O/c1-8-6-11(9(2)18-17-8)14(20)19(3)13-5-4-10(15)7-12(13)16/h4-7H,16H2,1-3H3. The fourth-order valence-electron chi connectivity index (χ4n) is 1.89. The maximum absolute atomic E-state index is 12.5. The number of hydrogen-bond acceptors (Lipinski definition) is 4. The average molecular weight is 335 g/mol. The number of benzene rings is 1. The van der Waals surface area contributed by atoms with Gasteiger partial charge in [0, 0.05) is 11.5 Å². The van der Waals surface area contributed by atoms with Crippen LogP contribution in [-0.4, -0.2) is 23.2 Å². The Hall–Kier alpha value is -1.95. The first-order chi connectivity index (χ1) is 9.40. The van der Waals surface area contributed by atoms with E-state index in [9.17, 15) is 4.79 Å². The van der Waals surface area contributed by atoms with Crippen molar-refractivity contribution in [2.45, 2.75) is 13.8 Å². The van der Waals surface area contributed by atoms with Gasteiger partial charge in [0.1, 0.15) is 0 Å². The number of halogens is 1. The van der Waals surface area contributed by atoms with Gasteiger partial charge in [-0.3, -0.25) is 4.79 Å². The molecule has 1 aromatic heterocycles. The van der Waals surface area contributed by atoms with Crippen LogP contribution in [-0.2, 0) is 0 Å². The third-order valence-corrected chi connectivity index (χ3v) is 3.48. The summed E-state index contributed by atoms with van der Waals surface area (Å²) in [7, 11) is 1.69. The summed E-state index contributed by atoms with van der Waals surface area (Å²) in [5.41, 5.74) is 8.98. The number of aromatic nitrogens is 2. The lowest BCUT2D eigenvalue weighted by Crippen LogP contribution is -2.28. The Morgan fingerprint density at radius 2 is 1.95 bits per heavy atom. The first-order valence-electron chi connectivity index (χ1n) is 6.04. The minimum Gasteiger partial charge on any atom is -0.397 e. The number of carbonyl (C=O) groups excluding carboxylic acids is 1. The quantitative estimate of drug-likeness (QED) is 0.857. The van der Waals surface area contributed by atoms with Crippen LogP contribution in [0.15, 0.2) is 28.7 Å². The van der Waals surface area contributed by atoms with Crippen LogP contribution < -0.4 is 10.6 Å². The highest BCUT2D eigenvalue weighted by molar-refractivity contribution is 9.10. The van der Waals surface area contributed by atoms with E-state index in [0.717, 1.165) is 4.47 Å². The monoisotopic (exact) mass is 334 g/mol. The molecule has 0 atom stereocenters. The van der Waals surface area contributed by atoms with Crippen LogP contribution in [0.25, 0.3) is 0 Å². The molecule has 0 unspecified atom stereocenters. The molecule has 6 heteroatoms. The first kappa shape index (κ1) is 14.5. The molecular weight excluding hydrogens is 320 g/mol. The zero-order chi connectivity index (χ0) is 14.9. The van der Waals surface area contributed by atoms with E-state index in [4.69, 9.17) is 5.73 Å². The number of anilines is 2. The van der Waals surface area contributed by atoms with Crippen molar-refractivity contribution in [3.8, 4) is 0 Å². The molecule has 1 aromatic carbocycles. The molecule has 1 heterocycles. The Morgan fingerprint density at radius 3 is 2.60 bits per heavy atom. The van der Waals surface area contributed by atoms with Crippen LogP contribution in [0.4, 0.5) is 11.4 Å². The smallest absolute Gasteiger partial charge is 0.260 e. The summed E-state index contributed by atoms with van der Waals surface area (Å²) in [6, 6.07) is 7.14. The highest BCUT2D eigenvalue weighted by atomic mass is 79.9. The van der Waals surface area contributed by atoms with Gasteiger partial charge in [-0.05, 0) is 38.1 Å². The van der Waals surface area contributed by atoms with Gasteiger partial charge in [0.25, 0.3) is 5.91 Å². The predicted molar refractivity (Wildman–Crippen MR) is 82.8 cm³/mol. The van der Waals surface area contributed by atoms with E-state index in [2.05, 4.69) is 26.1 Å². The third kappa shape index (κ3) is 2.80. The SMILES string of the molecule is Cc1cc(C(=O)N(C)c2ccc(Br)cc2N)c(C)nn1. The van der Waals surface area contributed by atoms with E-state index in [0.29, 0.717) is 28.3 Å². The summed E-state index contributed by atoms with van der Waals surface area (Å²) in [5.74, 6) is -0.158. The Labute approximate surface area is 125 Å². The summed E-state index contributed by atoms with van der Waals surface area (Å²) in [6.45, 7) is 3.57. The van der Waals surface area contributed by atoms with Gasteiger partial charge in [-0.15, -0.1) is 0 Å². The van der Waals surface area contributed by atoms with Crippen LogP contribution in [0.3, 0.4) is 0 Å². The maximum atomic E-state index is 12.5. The lowest BCUT2D eigenvalue weighted by molar-refractivity contribution is 0.0991. The maximum Gasteiger partial charge on any atom is 0.260 e. The number of nitrogen functional groups attached to an aromatic ring is 1. The van der Waals surface area contributed by atoms with Gasteiger partial charge >= 0.3 is 0 Å². The molecule has 0 bridgehead atoms. The molecule has 20 heavy (non-hydrogen) atoms. The van der Waals surface area contributed by atoms with Gasteiger partial charge < -0.3 is 10.6 Å². The summed E-state index contributed by atoms with van der Waals surface area (Å²) in [6.07, 6.45) is 0. The van der Waals surface area contributed by atoms with Gasteiger partial charge in [-0.25, -0.2) is 0 Å². The van der Waals surface area contributed by atoms with E-state index in [-0.39, 0.29) is 5.91 Å². The molecule has 2 rings (SSSR count). The Balaban J connectivity index is 2.40. The van der Waals surface area contributed by atoms with Crippen LogP contribution in [0, 0.1) is 13.8 Å². The number of aryl methyl sites for hydroxylation is 2. The third-order valence-electron chi connectivity index (χ3n) is 2.99. The molecule has 0 radical (unpaired) electrons. The van der Waals surface area contributed by atoms with Crippen molar-refractivity contribution >= 4 is 33.2 Å². The largest absolute Gasteiger partial charge is 0.397 e. The fourth-order valence-corrected chi connectivity index (χ4v) is 2.27. The molecule has 0 aliphatic rings. The lowest BCUT2D eigenvalue weighted by Gasteiger charge is -2.20. The van der Waals surface area contributed by atoms with Crippen molar-refractivity contribution in [2.75, 3.05) is 17.7 Å². The van der Waals surface area contributed by atoms with E-state index in [1.807, 2.05) is 6.07 Å². The summed E-state index contributed by atoms with van der Waals surface area (Å²) in [5, 5.41) is 7.91. The van der Waals surface area contributed by atoms with Gasteiger partial charge in [0.15, 0.2) is 0 Å². The number of hydrogen-bond donors (Lipinski definition) is 1. The number of rotatable bonds is 2. The van der Waals surface area contributed by atoms with E-state index < -0.39 is 0 Å². The summed E-state index contributed by atoms with van der Waals surface area (Å²) >= 11 is 3.35. The van der Waals surface area contributed by atoms with E-state index >= 15 is 0 Å². The highest BCUT2D eigenvalue weighted by Gasteiger charge is 2.18. The van der Waals surface area contributed by atoms with Crippen LogP contribution >= 0.6 is 15.9 Å². The Morgan fingerprint density at radius 1 is 1.25 bits per heavy atom. The molecule has 0 spiro atoms. The summed E-state index contributed by atoms with van der Waals surface area (Å²) < 4.78 is 0.872. The molecular formula is C14H15BrN4O.